The Bertz CT molecular complexity index is 502. The molecule has 0 heterocycles. The summed E-state index contributed by atoms with van der Waals surface area (Å²) in [6, 6.07) is 7.11. The first-order valence-electron chi connectivity index (χ1n) is 9.08. The van der Waals surface area contributed by atoms with E-state index in [-0.39, 0.29) is 0 Å². The van der Waals surface area contributed by atoms with Gasteiger partial charge in [0.1, 0.15) is 0 Å². The van der Waals surface area contributed by atoms with E-state index in [2.05, 4.69) is 63.5 Å². The Labute approximate surface area is 147 Å². The molecule has 0 radical (unpaired) electrons. The van der Waals surface area contributed by atoms with Crippen LogP contribution in [-0.2, 0) is 0 Å². The molecule has 1 fully saturated rings. The molecule has 1 saturated carbocycles. The molecule has 128 valence electrons. The highest BCUT2D eigenvalue weighted by molar-refractivity contribution is 7.80. The van der Waals surface area contributed by atoms with E-state index in [1.807, 2.05) is 0 Å². The van der Waals surface area contributed by atoms with E-state index in [0.29, 0.717) is 17.9 Å². The Morgan fingerprint density at radius 3 is 2.00 bits per heavy atom. The maximum atomic E-state index is 5.62. The molecular weight excluding hydrogens is 300 g/mol. The van der Waals surface area contributed by atoms with Gasteiger partial charge < -0.3 is 10.6 Å². The first-order valence-corrected chi connectivity index (χ1v) is 9.49. The minimum absolute atomic E-state index is 0.481. The average Bonchev–Trinajstić information content (AvgIpc) is 2.49. The Morgan fingerprint density at radius 2 is 1.52 bits per heavy atom. The molecular formula is C20H32N2S. The van der Waals surface area contributed by atoms with Crippen LogP contribution in [0.1, 0.15) is 83.3 Å². The topological polar surface area (TPSA) is 24.1 Å². The van der Waals surface area contributed by atoms with Crippen molar-refractivity contribution >= 4 is 23.0 Å². The molecule has 0 aliphatic heterocycles. The molecule has 0 bridgehead atoms. The van der Waals surface area contributed by atoms with E-state index >= 15 is 0 Å². The molecule has 0 saturated heterocycles. The summed E-state index contributed by atoms with van der Waals surface area (Å²) in [6.07, 6.45) is 5.07. The van der Waals surface area contributed by atoms with Gasteiger partial charge in [-0.25, -0.2) is 0 Å². The first kappa shape index (κ1) is 18.3. The summed E-state index contributed by atoms with van der Waals surface area (Å²) >= 11 is 5.62. The van der Waals surface area contributed by atoms with E-state index < -0.39 is 0 Å². The lowest BCUT2D eigenvalue weighted by atomic mass is 9.87. The van der Waals surface area contributed by atoms with Crippen LogP contribution in [0.15, 0.2) is 18.2 Å². The summed E-state index contributed by atoms with van der Waals surface area (Å²) in [5, 5.41) is 7.84. The summed E-state index contributed by atoms with van der Waals surface area (Å²) in [7, 11) is 0. The van der Waals surface area contributed by atoms with Crippen LogP contribution in [0.5, 0.6) is 0 Å². The number of benzene rings is 1. The molecule has 0 atom stereocenters. The van der Waals surface area contributed by atoms with Crippen LogP contribution in [0.2, 0.25) is 0 Å². The van der Waals surface area contributed by atoms with Gasteiger partial charge in [0, 0.05) is 11.7 Å². The molecule has 1 aromatic carbocycles. The zero-order valence-electron chi connectivity index (χ0n) is 15.3. The molecule has 0 aromatic heterocycles. The van der Waals surface area contributed by atoms with Crippen LogP contribution in [0.3, 0.4) is 0 Å². The second-order valence-electron chi connectivity index (χ2n) is 7.68. The number of hydrogen-bond donors (Lipinski definition) is 2. The van der Waals surface area contributed by atoms with Gasteiger partial charge in [-0.1, -0.05) is 52.8 Å². The van der Waals surface area contributed by atoms with Crippen molar-refractivity contribution in [1.29, 1.82) is 0 Å². The molecule has 0 spiro atoms. The van der Waals surface area contributed by atoms with Gasteiger partial charge in [-0.05, 0) is 66.8 Å². The third-order valence-corrected chi connectivity index (χ3v) is 5.18. The number of hydrogen-bond acceptors (Lipinski definition) is 1. The van der Waals surface area contributed by atoms with Crippen LogP contribution in [0, 0.1) is 5.92 Å². The van der Waals surface area contributed by atoms with Crippen molar-refractivity contribution in [3.63, 3.8) is 0 Å². The second-order valence-corrected chi connectivity index (χ2v) is 8.08. The zero-order chi connectivity index (χ0) is 17.0. The fourth-order valence-electron chi connectivity index (χ4n) is 3.43. The minimum atomic E-state index is 0.481. The van der Waals surface area contributed by atoms with E-state index in [0.717, 1.165) is 11.0 Å². The lowest BCUT2D eigenvalue weighted by molar-refractivity contribution is 0.332. The normalized spacial score (nSPS) is 21.5. The van der Waals surface area contributed by atoms with Gasteiger partial charge in [-0.15, -0.1) is 0 Å². The molecule has 3 heteroatoms. The van der Waals surface area contributed by atoms with Crippen molar-refractivity contribution in [2.45, 2.75) is 78.2 Å². The van der Waals surface area contributed by atoms with Gasteiger partial charge in [0.05, 0.1) is 0 Å². The average molecular weight is 333 g/mol. The molecule has 1 aromatic rings. The predicted molar refractivity (Wildman–Crippen MR) is 105 cm³/mol. The number of nitrogens with one attached hydrogen (secondary N) is 2. The lowest BCUT2D eigenvalue weighted by Gasteiger charge is -2.29. The minimum Gasteiger partial charge on any atom is -0.360 e. The van der Waals surface area contributed by atoms with E-state index in [9.17, 15) is 0 Å². The number of anilines is 1. The smallest absolute Gasteiger partial charge is 0.171 e. The predicted octanol–water partition coefficient (Wildman–Crippen LogP) is 5.80. The Hall–Kier alpha value is -1.09. The zero-order valence-corrected chi connectivity index (χ0v) is 16.1. The van der Waals surface area contributed by atoms with Gasteiger partial charge in [-0.3, -0.25) is 0 Å². The van der Waals surface area contributed by atoms with Crippen LogP contribution in [0.25, 0.3) is 0 Å². The molecule has 2 N–H and O–H groups in total. The van der Waals surface area contributed by atoms with Crippen LogP contribution in [-0.4, -0.2) is 11.2 Å². The molecule has 1 aliphatic rings. The summed E-state index contributed by atoms with van der Waals surface area (Å²) in [6.45, 7) is 11.3. The van der Waals surface area contributed by atoms with Crippen molar-refractivity contribution in [1.82, 2.24) is 5.32 Å². The monoisotopic (exact) mass is 332 g/mol. The van der Waals surface area contributed by atoms with Crippen LogP contribution in [0.4, 0.5) is 5.69 Å². The van der Waals surface area contributed by atoms with E-state index in [1.54, 1.807) is 0 Å². The third-order valence-electron chi connectivity index (χ3n) is 4.96. The van der Waals surface area contributed by atoms with Gasteiger partial charge in [0.2, 0.25) is 0 Å². The van der Waals surface area contributed by atoms with Crippen molar-refractivity contribution in [2.24, 2.45) is 5.92 Å². The fraction of sp³-hybridized carbons (Fsp3) is 0.650. The maximum Gasteiger partial charge on any atom is 0.171 e. The maximum absolute atomic E-state index is 5.62. The van der Waals surface area contributed by atoms with Crippen molar-refractivity contribution < 1.29 is 0 Å². The highest BCUT2D eigenvalue weighted by Gasteiger charge is 2.20. The number of rotatable bonds is 4. The standard InChI is InChI=1S/C20H32N2S/c1-13(2)17-7-6-8-18(14(3)4)19(17)22-20(23)21-16-11-9-15(5)10-12-16/h6-8,13-16H,9-12H2,1-5H3,(H2,21,22,23). The van der Waals surface area contributed by atoms with Crippen molar-refractivity contribution in [3.8, 4) is 0 Å². The third kappa shape index (κ3) is 4.94. The lowest BCUT2D eigenvalue weighted by Crippen LogP contribution is -2.40. The molecule has 1 aliphatic carbocycles. The Kier molecular flexibility index (Phi) is 6.46. The van der Waals surface area contributed by atoms with Crippen molar-refractivity contribution in [3.05, 3.63) is 29.3 Å². The SMILES string of the molecule is CC1CCC(NC(=S)Nc2c(C(C)C)cccc2C(C)C)CC1. The van der Waals surface area contributed by atoms with E-state index in [4.69, 9.17) is 12.2 Å². The highest BCUT2D eigenvalue weighted by atomic mass is 32.1. The van der Waals surface area contributed by atoms with Gasteiger partial charge in [0.25, 0.3) is 0 Å². The molecule has 23 heavy (non-hydrogen) atoms. The number of para-hydroxylation sites is 1. The van der Waals surface area contributed by atoms with Gasteiger partial charge in [0.15, 0.2) is 5.11 Å². The van der Waals surface area contributed by atoms with Gasteiger partial charge >= 0.3 is 0 Å². The van der Waals surface area contributed by atoms with Crippen LogP contribution < -0.4 is 10.6 Å². The van der Waals surface area contributed by atoms with E-state index in [1.165, 1.54) is 42.5 Å². The Balaban J connectivity index is 2.10. The molecule has 2 nitrogen and oxygen atoms in total. The van der Waals surface area contributed by atoms with Gasteiger partial charge in [-0.2, -0.15) is 0 Å². The highest BCUT2D eigenvalue weighted by Crippen LogP contribution is 2.32. The first-order chi connectivity index (χ1) is 10.9. The number of thiocarbonyl (C=S) groups is 1. The fourth-order valence-corrected chi connectivity index (χ4v) is 3.70. The molecule has 0 amide bonds. The second kappa shape index (κ2) is 8.14. The quantitative estimate of drug-likeness (QED) is 0.682. The summed E-state index contributed by atoms with van der Waals surface area (Å²) in [5.41, 5.74) is 3.90. The van der Waals surface area contributed by atoms with Crippen molar-refractivity contribution in [2.75, 3.05) is 5.32 Å². The summed E-state index contributed by atoms with van der Waals surface area (Å²) in [4.78, 5) is 0. The largest absolute Gasteiger partial charge is 0.360 e. The molecule has 0 unspecified atom stereocenters. The van der Waals surface area contributed by atoms with Crippen LogP contribution >= 0.6 is 12.2 Å². The summed E-state index contributed by atoms with van der Waals surface area (Å²) in [5.74, 6) is 1.83. The summed E-state index contributed by atoms with van der Waals surface area (Å²) < 4.78 is 0. The Morgan fingerprint density at radius 1 is 1.00 bits per heavy atom. The molecule has 2 rings (SSSR count).